The molecule has 0 bridgehead atoms. The van der Waals surface area contributed by atoms with Crippen LogP contribution in [0.4, 0.5) is 24.7 Å². The molecule has 2 aliphatic rings. The van der Waals surface area contributed by atoms with Crippen LogP contribution in [-0.2, 0) is 17.4 Å². The first kappa shape index (κ1) is 17.8. The van der Waals surface area contributed by atoms with Crippen molar-refractivity contribution in [3.05, 3.63) is 47.4 Å². The molecule has 8 heteroatoms. The third kappa shape index (κ3) is 3.36. The van der Waals surface area contributed by atoms with Gasteiger partial charge in [-0.3, -0.25) is 4.79 Å². The zero-order valence-corrected chi connectivity index (χ0v) is 14.8. The molecule has 0 N–H and O–H groups in total. The van der Waals surface area contributed by atoms with Gasteiger partial charge < -0.3 is 9.80 Å². The van der Waals surface area contributed by atoms with Gasteiger partial charge in [0.2, 0.25) is 5.91 Å². The molecule has 0 saturated carbocycles. The highest BCUT2D eigenvalue weighted by Gasteiger charge is 2.37. The van der Waals surface area contributed by atoms with Crippen LogP contribution < -0.4 is 9.80 Å². The Hall–Kier alpha value is -2.64. The van der Waals surface area contributed by atoms with Crippen LogP contribution in [0.5, 0.6) is 0 Å². The second-order valence-electron chi connectivity index (χ2n) is 6.96. The number of carbonyl (C=O) groups excluding carboxylic acids is 1. The van der Waals surface area contributed by atoms with Crippen LogP contribution in [0, 0.1) is 12.8 Å². The Kier molecular flexibility index (Phi) is 4.28. The van der Waals surface area contributed by atoms with Crippen LogP contribution >= 0.6 is 0 Å². The molecule has 142 valence electrons. The minimum Gasteiger partial charge on any atom is -0.356 e. The number of carbonyl (C=O) groups is 1. The number of aromatic nitrogens is 2. The van der Waals surface area contributed by atoms with E-state index in [0.29, 0.717) is 26.1 Å². The van der Waals surface area contributed by atoms with Gasteiger partial charge in [-0.1, -0.05) is 18.2 Å². The first-order valence-corrected chi connectivity index (χ1v) is 8.90. The molecule has 1 fully saturated rings. The summed E-state index contributed by atoms with van der Waals surface area (Å²) in [6.07, 6.45) is -3.09. The summed E-state index contributed by atoms with van der Waals surface area (Å²) in [7, 11) is 0. The molecule has 1 unspecified atom stereocenters. The predicted molar refractivity (Wildman–Crippen MR) is 94.6 cm³/mol. The van der Waals surface area contributed by atoms with Crippen molar-refractivity contribution in [2.45, 2.75) is 25.9 Å². The number of rotatable bonds is 2. The van der Waals surface area contributed by atoms with Gasteiger partial charge in [0.1, 0.15) is 17.3 Å². The molecular weight excluding hydrogens is 357 g/mol. The van der Waals surface area contributed by atoms with Gasteiger partial charge in [0.05, 0.1) is 5.92 Å². The largest absolute Gasteiger partial charge is 0.433 e. The van der Waals surface area contributed by atoms with E-state index in [0.717, 1.165) is 23.7 Å². The molecule has 2 aromatic rings. The number of amides is 1. The molecule has 0 spiro atoms. The summed E-state index contributed by atoms with van der Waals surface area (Å²) in [6.45, 7) is 2.96. The van der Waals surface area contributed by atoms with Crippen LogP contribution in [0.3, 0.4) is 0 Å². The van der Waals surface area contributed by atoms with E-state index < -0.39 is 11.9 Å². The molecule has 2 aliphatic heterocycles. The predicted octanol–water partition coefficient (Wildman–Crippen LogP) is 3.22. The van der Waals surface area contributed by atoms with E-state index in [1.807, 2.05) is 24.3 Å². The number of benzene rings is 1. The van der Waals surface area contributed by atoms with Crippen LogP contribution in [0.25, 0.3) is 0 Å². The Morgan fingerprint density at radius 2 is 1.96 bits per heavy atom. The summed E-state index contributed by atoms with van der Waals surface area (Å²) in [5, 5.41) is 0. The maximum atomic E-state index is 13.0. The average Bonchev–Trinajstić information content (AvgIpc) is 3.27. The van der Waals surface area contributed by atoms with Gasteiger partial charge in [-0.2, -0.15) is 13.2 Å². The SMILES string of the molecule is Cc1nc(N2CCC(C(=O)N3CCc4ccccc43)C2)cc(C(F)(F)F)n1. The van der Waals surface area contributed by atoms with E-state index in [4.69, 9.17) is 0 Å². The van der Waals surface area contributed by atoms with E-state index in [1.165, 1.54) is 6.92 Å². The minimum absolute atomic E-state index is 0.0317. The fourth-order valence-electron chi connectivity index (χ4n) is 3.82. The van der Waals surface area contributed by atoms with Crippen molar-refractivity contribution >= 4 is 17.4 Å². The maximum Gasteiger partial charge on any atom is 0.433 e. The minimum atomic E-state index is -4.52. The van der Waals surface area contributed by atoms with E-state index >= 15 is 0 Å². The molecule has 3 heterocycles. The third-order valence-corrected chi connectivity index (χ3v) is 5.13. The summed E-state index contributed by atoms with van der Waals surface area (Å²) in [6, 6.07) is 8.79. The summed E-state index contributed by atoms with van der Waals surface area (Å²) < 4.78 is 39.0. The Morgan fingerprint density at radius 3 is 2.74 bits per heavy atom. The normalized spacial score (nSPS) is 19.5. The molecule has 1 aromatic carbocycles. The van der Waals surface area contributed by atoms with Gasteiger partial charge in [-0.05, 0) is 31.4 Å². The number of halogens is 3. The second-order valence-corrected chi connectivity index (χ2v) is 6.96. The first-order chi connectivity index (χ1) is 12.8. The molecule has 27 heavy (non-hydrogen) atoms. The highest BCUT2D eigenvalue weighted by Crippen LogP contribution is 2.33. The van der Waals surface area contributed by atoms with Crippen LogP contribution in [0.1, 0.15) is 23.5 Å². The zero-order chi connectivity index (χ0) is 19.2. The zero-order valence-electron chi connectivity index (χ0n) is 14.8. The van der Waals surface area contributed by atoms with Crippen LogP contribution in [-0.4, -0.2) is 35.5 Å². The fraction of sp³-hybridized carbons (Fsp3) is 0.421. The van der Waals surface area contributed by atoms with Gasteiger partial charge in [-0.25, -0.2) is 9.97 Å². The lowest BCUT2D eigenvalue weighted by Gasteiger charge is -2.22. The Balaban J connectivity index is 1.51. The van der Waals surface area contributed by atoms with Gasteiger partial charge in [0.15, 0.2) is 0 Å². The molecule has 0 radical (unpaired) electrons. The lowest BCUT2D eigenvalue weighted by atomic mass is 10.1. The maximum absolute atomic E-state index is 13.0. The van der Waals surface area contributed by atoms with E-state index in [2.05, 4.69) is 9.97 Å². The monoisotopic (exact) mass is 376 g/mol. The summed E-state index contributed by atoms with van der Waals surface area (Å²) in [4.78, 5) is 24.1. The van der Waals surface area contributed by atoms with Crippen molar-refractivity contribution < 1.29 is 18.0 Å². The van der Waals surface area contributed by atoms with Gasteiger partial charge >= 0.3 is 6.18 Å². The van der Waals surface area contributed by atoms with Crippen molar-refractivity contribution in [2.24, 2.45) is 5.92 Å². The van der Waals surface area contributed by atoms with Crippen molar-refractivity contribution in [3.63, 3.8) is 0 Å². The standard InChI is InChI=1S/C19H19F3N4O/c1-12-23-16(19(20,21)22)10-17(24-12)25-8-6-14(11-25)18(27)26-9-7-13-4-2-3-5-15(13)26/h2-5,10,14H,6-9,11H2,1H3. The van der Waals surface area contributed by atoms with Crippen molar-refractivity contribution in [2.75, 3.05) is 29.4 Å². The molecule has 1 saturated heterocycles. The number of para-hydroxylation sites is 1. The highest BCUT2D eigenvalue weighted by molar-refractivity contribution is 5.97. The molecular formula is C19H19F3N4O. The quantitative estimate of drug-likeness (QED) is 0.808. The van der Waals surface area contributed by atoms with E-state index in [-0.39, 0.29) is 23.5 Å². The smallest absolute Gasteiger partial charge is 0.356 e. The number of aryl methyl sites for hydroxylation is 1. The number of hydrogen-bond donors (Lipinski definition) is 0. The fourth-order valence-corrected chi connectivity index (χ4v) is 3.82. The summed E-state index contributed by atoms with van der Waals surface area (Å²) >= 11 is 0. The van der Waals surface area contributed by atoms with Gasteiger partial charge in [-0.15, -0.1) is 0 Å². The van der Waals surface area contributed by atoms with Crippen molar-refractivity contribution in [1.29, 1.82) is 0 Å². The molecule has 1 amide bonds. The molecule has 4 rings (SSSR count). The number of hydrogen-bond acceptors (Lipinski definition) is 4. The molecule has 5 nitrogen and oxygen atoms in total. The Morgan fingerprint density at radius 1 is 1.19 bits per heavy atom. The summed E-state index contributed by atoms with van der Waals surface area (Å²) in [5.74, 6) is 0.0834. The molecule has 1 aromatic heterocycles. The average molecular weight is 376 g/mol. The molecule has 0 aliphatic carbocycles. The number of nitrogens with zero attached hydrogens (tertiary/aromatic N) is 4. The molecule has 1 atom stereocenters. The Labute approximate surface area is 154 Å². The van der Waals surface area contributed by atoms with Crippen molar-refractivity contribution in [1.82, 2.24) is 9.97 Å². The van der Waals surface area contributed by atoms with E-state index in [1.54, 1.807) is 9.80 Å². The van der Waals surface area contributed by atoms with E-state index in [9.17, 15) is 18.0 Å². The Bertz CT molecular complexity index is 883. The third-order valence-electron chi connectivity index (χ3n) is 5.13. The highest BCUT2D eigenvalue weighted by atomic mass is 19.4. The van der Waals surface area contributed by atoms with Crippen LogP contribution in [0.2, 0.25) is 0 Å². The number of anilines is 2. The lowest BCUT2D eigenvalue weighted by molar-refractivity contribution is -0.141. The summed E-state index contributed by atoms with van der Waals surface area (Å²) in [5.41, 5.74) is 1.15. The number of alkyl halides is 3. The first-order valence-electron chi connectivity index (χ1n) is 8.90. The van der Waals surface area contributed by atoms with Crippen LogP contribution in [0.15, 0.2) is 30.3 Å². The van der Waals surface area contributed by atoms with Gasteiger partial charge in [0, 0.05) is 31.4 Å². The van der Waals surface area contributed by atoms with Gasteiger partial charge in [0.25, 0.3) is 0 Å². The lowest BCUT2D eigenvalue weighted by Crippen LogP contribution is -2.36. The number of fused-ring (bicyclic) bond motifs is 1. The second kappa shape index (κ2) is 6.51. The topological polar surface area (TPSA) is 49.3 Å². The van der Waals surface area contributed by atoms with Crippen molar-refractivity contribution in [3.8, 4) is 0 Å².